The van der Waals surface area contributed by atoms with Gasteiger partial charge in [-0.1, -0.05) is 70.9 Å². The van der Waals surface area contributed by atoms with Gasteiger partial charge in [-0.25, -0.2) is 0 Å². The van der Waals surface area contributed by atoms with Gasteiger partial charge in [-0.05, 0) is 71.5 Å². The average Bonchev–Trinajstić information content (AvgIpc) is 3.36. The van der Waals surface area contributed by atoms with Gasteiger partial charge in [0.25, 0.3) is 0 Å². The first-order valence-electron chi connectivity index (χ1n) is 10.8. The summed E-state index contributed by atoms with van der Waals surface area (Å²) in [5.74, 6) is 1.70. The molecule has 4 rings (SSSR count). The van der Waals surface area contributed by atoms with Crippen molar-refractivity contribution in [2.24, 2.45) is 16.7 Å². The van der Waals surface area contributed by atoms with E-state index in [1.165, 1.54) is 44.9 Å². The Bertz CT molecular complexity index is 667. The third kappa shape index (κ3) is 5.18. The summed E-state index contributed by atoms with van der Waals surface area (Å²) in [7, 11) is 0. The second-order valence-corrected chi connectivity index (χ2v) is 10.9. The van der Waals surface area contributed by atoms with Crippen LogP contribution in [-0.2, 0) is 0 Å². The van der Waals surface area contributed by atoms with Gasteiger partial charge in [-0.3, -0.25) is 0 Å². The number of nitrogens with one attached hydrogen (secondary N) is 1. The van der Waals surface area contributed by atoms with Crippen molar-refractivity contribution < 1.29 is 0 Å². The third-order valence-corrected chi connectivity index (χ3v) is 6.84. The zero-order chi connectivity index (χ0) is 18.4. The SMILES string of the molecule is CC1(C)CC(c2ccccc2C2=CCNC(CC3CC3)C2)CC(C)(C)C1.Cl. The van der Waals surface area contributed by atoms with Crippen molar-refractivity contribution >= 4 is 18.0 Å². The summed E-state index contributed by atoms with van der Waals surface area (Å²) in [6.07, 6.45) is 12.0. The van der Waals surface area contributed by atoms with Gasteiger partial charge in [0.2, 0.25) is 0 Å². The van der Waals surface area contributed by atoms with Gasteiger partial charge >= 0.3 is 0 Å². The van der Waals surface area contributed by atoms with Crippen LogP contribution in [0, 0.1) is 16.7 Å². The molecule has 2 saturated carbocycles. The maximum Gasteiger partial charge on any atom is 0.0143 e. The molecule has 2 heteroatoms. The molecule has 0 saturated heterocycles. The Morgan fingerprint density at radius 3 is 2.33 bits per heavy atom. The summed E-state index contributed by atoms with van der Waals surface area (Å²) in [5, 5.41) is 3.74. The van der Waals surface area contributed by atoms with E-state index in [0.717, 1.165) is 12.5 Å². The van der Waals surface area contributed by atoms with Gasteiger partial charge in [-0.2, -0.15) is 0 Å². The van der Waals surface area contributed by atoms with Gasteiger partial charge in [0.15, 0.2) is 0 Å². The van der Waals surface area contributed by atoms with Crippen LogP contribution < -0.4 is 5.32 Å². The molecule has 150 valence electrons. The van der Waals surface area contributed by atoms with Gasteiger partial charge in [0.1, 0.15) is 0 Å². The Hall–Kier alpha value is -0.790. The second-order valence-electron chi connectivity index (χ2n) is 10.9. The highest BCUT2D eigenvalue weighted by Gasteiger charge is 2.39. The van der Waals surface area contributed by atoms with E-state index in [1.807, 2.05) is 0 Å². The van der Waals surface area contributed by atoms with Crippen molar-refractivity contribution in [3.05, 3.63) is 41.5 Å². The number of hydrogen-bond acceptors (Lipinski definition) is 1. The predicted molar refractivity (Wildman–Crippen MR) is 120 cm³/mol. The summed E-state index contributed by atoms with van der Waals surface area (Å²) >= 11 is 0. The monoisotopic (exact) mass is 387 g/mol. The average molecular weight is 388 g/mol. The minimum Gasteiger partial charge on any atom is -0.310 e. The molecular weight excluding hydrogens is 350 g/mol. The predicted octanol–water partition coefficient (Wildman–Crippen LogP) is 6.97. The van der Waals surface area contributed by atoms with Crippen molar-refractivity contribution in [2.45, 2.75) is 84.6 Å². The lowest BCUT2D eigenvalue weighted by molar-refractivity contribution is 0.0968. The molecule has 1 heterocycles. The van der Waals surface area contributed by atoms with E-state index < -0.39 is 0 Å². The van der Waals surface area contributed by atoms with E-state index in [9.17, 15) is 0 Å². The lowest BCUT2D eigenvalue weighted by Gasteiger charge is -2.45. The maximum atomic E-state index is 3.74. The molecule has 1 aromatic carbocycles. The minimum atomic E-state index is 0. The van der Waals surface area contributed by atoms with Crippen molar-refractivity contribution in [2.75, 3.05) is 6.54 Å². The standard InChI is InChI=1S/C25H37N.ClH/c1-24(2)15-20(16-25(3,4)17-24)23-8-6-5-7-22(23)19-11-12-26-21(14-19)13-18-9-10-18;/h5-8,11,18,20-21,26H,9-10,12-17H2,1-4H3;1H. The lowest BCUT2D eigenvalue weighted by Crippen LogP contribution is -2.34. The van der Waals surface area contributed by atoms with Crippen LogP contribution in [0.25, 0.3) is 5.57 Å². The topological polar surface area (TPSA) is 12.0 Å². The quantitative estimate of drug-likeness (QED) is 0.587. The molecule has 0 aromatic heterocycles. The third-order valence-electron chi connectivity index (χ3n) is 6.84. The van der Waals surface area contributed by atoms with Crippen molar-refractivity contribution in [1.82, 2.24) is 5.32 Å². The second kappa shape index (κ2) is 7.91. The van der Waals surface area contributed by atoms with Gasteiger partial charge in [0, 0.05) is 12.6 Å². The molecule has 1 N–H and O–H groups in total. The number of rotatable bonds is 4. The Morgan fingerprint density at radius 2 is 1.67 bits per heavy atom. The van der Waals surface area contributed by atoms with Crippen molar-refractivity contribution in [1.29, 1.82) is 0 Å². The molecule has 0 bridgehead atoms. The minimum absolute atomic E-state index is 0. The van der Waals surface area contributed by atoms with Crippen molar-refractivity contribution in [3.8, 4) is 0 Å². The van der Waals surface area contributed by atoms with E-state index in [-0.39, 0.29) is 12.4 Å². The molecule has 1 aliphatic heterocycles. The molecule has 1 nitrogen and oxygen atoms in total. The number of halogens is 1. The molecule has 1 atom stereocenters. The van der Waals surface area contributed by atoms with E-state index >= 15 is 0 Å². The molecule has 0 amide bonds. The summed E-state index contributed by atoms with van der Waals surface area (Å²) in [4.78, 5) is 0. The van der Waals surface area contributed by atoms with Gasteiger partial charge < -0.3 is 5.32 Å². The molecule has 0 radical (unpaired) electrons. The first kappa shape index (κ1) is 20.9. The van der Waals surface area contributed by atoms with E-state index in [2.05, 4.69) is 63.4 Å². The normalized spacial score (nSPS) is 27.6. The molecule has 3 aliphatic rings. The Labute approximate surface area is 172 Å². The maximum absolute atomic E-state index is 3.74. The Balaban J connectivity index is 0.00000210. The molecule has 2 fully saturated rings. The van der Waals surface area contributed by atoms with Crippen LogP contribution >= 0.6 is 12.4 Å². The molecule has 1 aromatic rings. The molecule has 1 unspecified atom stereocenters. The largest absolute Gasteiger partial charge is 0.310 e. The molecular formula is C25H38ClN. The molecule has 0 spiro atoms. The first-order chi connectivity index (χ1) is 12.3. The van der Waals surface area contributed by atoms with E-state index in [1.54, 1.807) is 16.7 Å². The molecule has 2 aliphatic carbocycles. The van der Waals surface area contributed by atoms with Crippen LogP contribution in [0.2, 0.25) is 0 Å². The Morgan fingerprint density at radius 1 is 1.00 bits per heavy atom. The van der Waals surface area contributed by atoms with Gasteiger partial charge in [-0.15, -0.1) is 12.4 Å². The van der Waals surface area contributed by atoms with Crippen molar-refractivity contribution in [3.63, 3.8) is 0 Å². The van der Waals surface area contributed by atoms with Crippen LogP contribution in [0.4, 0.5) is 0 Å². The van der Waals surface area contributed by atoms with E-state index in [0.29, 0.717) is 22.8 Å². The first-order valence-corrected chi connectivity index (χ1v) is 10.8. The van der Waals surface area contributed by atoms with Crippen LogP contribution in [0.3, 0.4) is 0 Å². The van der Waals surface area contributed by atoms with Crippen LogP contribution in [0.1, 0.15) is 89.7 Å². The van der Waals surface area contributed by atoms with E-state index in [4.69, 9.17) is 0 Å². The zero-order valence-electron chi connectivity index (χ0n) is 17.7. The summed E-state index contributed by atoms with van der Waals surface area (Å²) < 4.78 is 0. The summed E-state index contributed by atoms with van der Waals surface area (Å²) in [5.41, 5.74) is 5.65. The number of hydrogen-bond donors (Lipinski definition) is 1. The van der Waals surface area contributed by atoms with Gasteiger partial charge in [0.05, 0.1) is 0 Å². The lowest BCUT2D eigenvalue weighted by atomic mass is 9.59. The van der Waals surface area contributed by atoms with Crippen LogP contribution in [0.15, 0.2) is 30.3 Å². The zero-order valence-corrected chi connectivity index (χ0v) is 18.5. The summed E-state index contributed by atoms with van der Waals surface area (Å²) in [6, 6.07) is 10.0. The summed E-state index contributed by atoms with van der Waals surface area (Å²) in [6.45, 7) is 10.9. The highest BCUT2D eigenvalue weighted by molar-refractivity contribution is 5.85. The van der Waals surface area contributed by atoms with Crippen LogP contribution in [0.5, 0.6) is 0 Å². The number of benzene rings is 1. The Kier molecular flexibility index (Phi) is 6.14. The fourth-order valence-corrected chi connectivity index (χ4v) is 6.12. The highest BCUT2D eigenvalue weighted by atomic mass is 35.5. The van der Waals surface area contributed by atoms with Crippen LogP contribution in [-0.4, -0.2) is 12.6 Å². The smallest absolute Gasteiger partial charge is 0.0143 e. The molecule has 27 heavy (non-hydrogen) atoms. The highest BCUT2D eigenvalue weighted by Crippen LogP contribution is 2.52. The fraction of sp³-hybridized carbons (Fsp3) is 0.680. The fourth-order valence-electron chi connectivity index (χ4n) is 6.12.